The highest BCUT2D eigenvalue weighted by Gasteiger charge is 2.10. The Morgan fingerprint density at radius 3 is 2.88 bits per heavy atom. The van der Waals surface area contributed by atoms with Gasteiger partial charge in [-0.25, -0.2) is 0 Å². The number of anilines is 2. The highest BCUT2D eigenvalue weighted by atomic mass is 16.3. The lowest BCUT2D eigenvalue weighted by Gasteiger charge is -2.14. The maximum Gasteiger partial charge on any atom is 0.125 e. The Balaban J connectivity index is 2.22. The summed E-state index contributed by atoms with van der Waals surface area (Å²) in [6.07, 6.45) is 1.63. The molecule has 0 spiro atoms. The Kier molecular flexibility index (Phi) is 3.01. The summed E-state index contributed by atoms with van der Waals surface area (Å²) in [5, 5.41) is 12.2. The molecule has 0 saturated carbocycles. The van der Waals surface area contributed by atoms with Crippen LogP contribution in [0.3, 0.4) is 0 Å². The molecule has 0 saturated heterocycles. The van der Waals surface area contributed by atoms with E-state index < -0.39 is 0 Å². The monoisotopic (exact) mass is 227 g/mol. The topological polar surface area (TPSA) is 75.0 Å². The van der Waals surface area contributed by atoms with Crippen LogP contribution in [0.2, 0.25) is 0 Å². The van der Waals surface area contributed by atoms with Crippen LogP contribution < -0.4 is 11.1 Å². The van der Waals surface area contributed by atoms with Crippen LogP contribution in [0.5, 0.6) is 0 Å². The third kappa shape index (κ3) is 2.40. The fraction of sp³-hybridized carbons (Fsp3) is 0.154. The van der Waals surface area contributed by atoms with E-state index >= 15 is 0 Å². The molecule has 0 aliphatic carbocycles. The van der Waals surface area contributed by atoms with E-state index in [1.54, 1.807) is 24.5 Å². The van der Waals surface area contributed by atoms with Crippen molar-refractivity contribution >= 4 is 11.4 Å². The average molecular weight is 227 g/mol. The summed E-state index contributed by atoms with van der Waals surface area (Å²) in [5.41, 5.74) is 7.50. The fourth-order valence-electron chi connectivity index (χ4n) is 1.62. The molecular formula is C13H13N3O. The summed E-state index contributed by atoms with van der Waals surface area (Å²) in [6, 6.07) is 11.1. The highest BCUT2D eigenvalue weighted by molar-refractivity contribution is 5.63. The van der Waals surface area contributed by atoms with Gasteiger partial charge >= 0.3 is 0 Å². The molecular weight excluding hydrogens is 214 g/mol. The number of nitrogens with one attached hydrogen (secondary N) is 1. The van der Waals surface area contributed by atoms with Gasteiger partial charge in [-0.3, -0.25) is 0 Å². The summed E-state index contributed by atoms with van der Waals surface area (Å²) in [4.78, 5) is 0. The Morgan fingerprint density at radius 1 is 1.41 bits per heavy atom. The van der Waals surface area contributed by atoms with Gasteiger partial charge in [0, 0.05) is 5.69 Å². The van der Waals surface area contributed by atoms with Crippen molar-refractivity contribution in [3.8, 4) is 6.07 Å². The molecule has 0 amide bonds. The standard InChI is InChI=1S/C13H13N3O/c1-9(13-3-2-6-17-13)16-12-5-4-11(15)7-10(12)8-14/h2-7,9,16H,15H2,1H3. The third-order valence-electron chi connectivity index (χ3n) is 2.51. The van der Waals surface area contributed by atoms with E-state index in [1.165, 1.54) is 0 Å². The lowest BCUT2D eigenvalue weighted by molar-refractivity contribution is 0.490. The van der Waals surface area contributed by atoms with Gasteiger partial charge in [0.25, 0.3) is 0 Å². The Bertz CT molecular complexity index is 540. The molecule has 0 aliphatic rings. The zero-order chi connectivity index (χ0) is 12.3. The first kappa shape index (κ1) is 11.1. The van der Waals surface area contributed by atoms with E-state index in [1.807, 2.05) is 19.1 Å². The zero-order valence-corrected chi connectivity index (χ0v) is 9.47. The first-order valence-corrected chi connectivity index (χ1v) is 5.30. The van der Waals surface area contributed by atoms with Crippen molar-refractivity contribution in [1.29, 1.82) is 5.26 Å². The quantitative estimate of drug-likeness (QED) is 0.790. The molecule has 0 bridgehead atoms. The van der Waals surface area contributed by atoms with Crippen molar-refractivity contribution in [2.24, 2.45) is 0 Å². The van der Waals surface area contributed by atoms with Gasteiger partial charge in [-0.15, -0.1) is 0 Å². The van der Waals surface area contributed by atoms with E-state index in [-0.39, 0.29) is 6.04 Å². The van der Waals surface area contributed by atoms with Crippen LogP contribution >= 0.6 is 0 Å². The molecule has 4 heteroatoms. The fourth-order valence-corrected chi connectivity index (χ4v) is 1.62. The van der Waals surface area contributed by atoms with E-state index in [0.29, 0.717) is 11.3 Å². The number of nitrogens with zero attached hydrogens (tertiary/aromatic N) is 1. The molecule has 1 aromatic heterocycles. The second-order valence-corrected chi connectivity index (χ2v) is 3.80. The third-order valence-corrected chi connectivity index (χ3v) is 2.51. The predicted molar refractivity (Wildman–Crippen MR) is 66.3 cm³/mol. The van der Waals surface area contributed by atoms with E-state index in [2.05, 4.69) is 11.4 Å². The molecule has 4 nitrogen and oxygen atoms in total. The normalized spacial score (nSPS) is 11.8. The smallest absolute Gasteiger partial charge is 0.125 e. The minimum Gasteiger partial charge on any atom is -0.467 e. The molecule has 0 radical (unpaired) electrons. The molecule has 2 rings (SSSR count). The average Bonchev–Trinajstić information content (AvgIpc) is 2.85. The number of nitriles is 1. The largest absolute Gasteiger partial charge is 0.467 e. The predicted octanol–water partition coefficient (Wildman–Crippen LogP) is 2.91. The van der Waals surface area contributed by atoms with Gasteiger partial charge in [0.2, 0.25) is 0 Å². The van der Waals surface area contributed by atoms with Crippen molar-refractivity contribution in [3.05, 3.63) is 47.9 Å². The van der Waals surface area contributed by atoms with Crippen LogP contribution in [0.15, 0.2) is 41.0 Å². The summed E-state index contributed by atoms with van der Waals surface area (Å²) >= 11 is 0. The number of nitrogens with two attached hydrogens (primary N) is 1. The minimum absolute atomic E-state index is 0.000671. The number of benzene rings is 1. The van der Waals surface area contributed by atoms with Gasteiger partial charge in [0.05, 0.1) is 23.6 Å². The van der Waals surface area contributed by atoms with Crippen LogP contribution in [0.1, 0.15) is 24.3 Å². The van der Waals surface area contributed by atoms with Gasteiger partial charge in [-0.2, -0.15) is 5.26 Å². The second-order valence-electron chi connectivity index (χ2n) is 3.80. The molecule has 86 valence electrons. The molecule has 1 heterocycles. The molecule has 17 heavy (non-hydrogen) atoms. The maximum atomic E-state index is 9.02. The zero-order valence-electron chi connectivity index (χ0n) is 9.47. The molecule has 2 aromatic rings. The number of furan rings is 1. The van der Waals surface area contributed by atoms with Crippen LogP contribution in [0.25, 0.3) is 0 Å². The van der Waals surface area contributed by atoms with Crippen molar-refractivity contribution in [2.75, 3.05) is 11.1 Å². The molecule has 1 aromatic carbocycles. The number of rotatable bonds is 3. The van der Waals surface area contributed by atoms with Crippen LogP contribution in [0, 0.1) is 11.3 Å². The van der Waals surface area contributed by atoms with Crippen molar-refractivity contribution in [3.63, 3.8) is 0 Å². The summed E-state index contributed by atoms with van der Waals surface area (Å²) in [7, 11) is 0. The molecule has 0 aliphatic heterocycles. The molecule has 1 unspecified atom stereocenters. The Morgan fingerprint density at radius 2 is 2.24 bits per heavy atom. The molecule has 0 fully saturated rings. The van der Waals surface area contributed by atoms with Gasteiger partial charge in [0.1, 0.15) is 11.8 Å². The first-order chi connectivity index (χ1) is 8.20. The maximum absolute atomic E-state index is 9.02. The summed E-state index contributed by atoms with van der Waals surface area (Å²) in [6.45, 7) is 1.97. The van der Waals surface area contributed by atoms with Crippen LogP contribution in [-0.4, -0.2) is 0 Å². The van der Waals surface area contributed by atoms with Gasteiger partial charge in [-0.05, 0) is 37.3 Å². The lowest BCUT2D eigenvalue weighted by Crippen LogP contribution is -2.07. The second kappa shape index (κ2) is 4.62. The van der Waals surface area contributed by atoms with Gasteiger partial charge in [0.15, 0.2) is 0 Å². The van der Waals surface area contributed by atoms with E-state index in [4.69, 9.17) is 15.4 Å². The van der Waals surface area contributed by atoms with Crippen molar-refractivity contribution in [1.82, 2.24) is 0 Å². The highest BCUT2D eigenvalue weighted by Crippen LogP contribution is 2.23. The van der Waals surface area contributed by atoms with Crippen molar-refractivity contribution in [2.45, 2.75) is 13.0 Å². The Hall–Kier alpha value is -2.41. The summed E-state index contributed by atoms with van der Waals surface area (Å²) in [5.74, 6) is 0.825. The SMILES string of the molecule is CC(Nc1ccc(N)cc1C#N)c1ccco1. The van der Waals surface area contributed by atoms with Crippen molar-refractivity contribution < 1.29 is 4.42 Å². The molecule has 1 atom stereocenters. The minimum atomic E-state index is 0.000671. The lowest BCUT2D eigenvalue weighted by atomic mass is 10.1. The van der Waals surface area contributed by atoms with E-state index in [9.17, 15) is 0 Å². The van der Waals surface area contributed by atoms with Crippen LogP contribution in [-0.2, 0) is 0 Å². The van der Waals surface area contributed by atoms with E-state index in [0.717, 1.165) is 11.4 Å². The summed E-state index contributed by atoms with van der Waals surface area (Å²) < 4.78 is 5.29. The first-order valence-electron chi connectivity index (χ1n) is 5.30. The molecule has 3 N–H and O–H groups in total. The number of hydrogen-bond acceptors (Lipinski definition) is 4. The van der Waals surface area contributed by atoms with Gasteiger partial charge < -0.3 is 15.5 Å². The Labute approximate surface area is 99.7 Å². The number of hydrogen-bond donors (Lipinski definition) is 2. The number of nitrogen functional groups attached to an aromatic ring is 1. The van der Waals surface area contributed by atoms with Gasteiger partial charge in [-0.1, -0.05) is 0 Å². The van der Waals surface area contributed by atoms with Crippen LogP contribution in [0.4, 0.5) is 11.4 Å².